The molecule has 3 rings (SSSR count). The van der Waals surface area contributed by atoms with Gasteiger partial charge in [0.15, 0.2) is 0 Å². The first-order valence-corrected chi connectivity index (χ1v) is 11.2. The first-order valence-electron chi connectivity index (χ1n) is 9.73. The Labute approximate surface area is 188 Å². The van der Waals surface area contributed by atoms with Crippen LogP contribution in [0.4, 0.5) is 13.2 Å². The lowest BCUT2D eigenvalue weighted by Crippen LogP contribution is -2.48. The number of carbonyl (C=O) groups is 2. The van der Waals surface area contributed by atoms with Crippen molar-refractivity contribution in [2.75, 3.05) is 26.2 Å². The smallest absolute Gasteiger partial charge is 0.416 e. The molecule has 0 bridgehead atoms. The summed E-state index contributed by atoms with van der Waals surface area (Å²) in [5.74, 6) is -3.65. The van der Waals surface area contributed by atoms with E-state index >= 15 is 0 Å². The van der Waals surface area contributed by atoms with Crippen molar-refractivity contribution in [2.24, 2.45) is 0 Å². The van der Waals surface area contributed by atoms with Gasteiger partial charge in [0.05, 0.1) is 10.5 Å². The predicted octanol–water partition coefficient (Wildman–Crippen LogP) is 2.68. The third-order valence-corrected chi connectivity index (χ3v) is 6.80. The van der Waals surface area contributed by atoms with Crippen molar-refractivity contribution < 1.29 is 41.4 Å². The molecule has 0 spiro atoms. The number of aliphatic carboxylic acids is 2. The van der Waals surface area contributed by atoms with E-state index in [1.54, 1.807) is 30.3 Å². The van der Waals surface area contributed by atoms with Crippen LogP contribution in [0.1, 0.15) is 16.7 Å². The minimum absolute atomic E-state index is 0.147. The largest absolute Gasteiger partial charge is 0.473 e. The molecule has 12 heteroatoms. The molecule has 180 valence electrons. The number of hydrogen-bond donors (Lipinski definition) is 2. The van der Waals surface area contributed by atoms with E-state index in [2.05, 4.69) is 0 Å². The Morgan fingerprint density at radius 2 is 1.42 bits per heavy atom. The summed E-state index contributed by atoms with van der Waals surface area (Å²) in [6.45, 7) is 3.31. The van der Waals surface area contributed by atoms with Crippen LogP contribution >= 0.6 is 0 Å². The zero-order chi connectivity index (χ0) is 24.8. The van der Waals surface area contributed by atoms with E-state index in [0.29, 0.717) is 13.1 Å². The average Bonchev–Trinajstić information content (AvgIpc) is 2.74. The standard InChI is InChI=1S/C19H21F3N2O2S.C2H2O4/c1-15-6-8-17(9-7-15)27(25,26)24-12-10-23(11-13-24)14-16-4-2-3-5-18(16)19(20,21)22;3-1(4)2(5)6/h2-9H,10-14H2,1H3;(H,3,4)(H,5,6). The van der Waals surface area contributed by atoms with E-state index in [0.717, 1.165) is 11.6 Å². The van der Waals surface area contributed by atoms with Crippen LogP contribution in [0.3, 0.4) is 0 Å². The molecule has 1 aliphatic heterocycles. The summed E-state index contributed by atoms with van der Waals surface area (Å²) >= 11 is 0. The summed E-state index contributed by atoms with van der Waals surface area (Å²) < 4.78 is 66.2. The lowest BCUT2D eigenvalue weighted by molar-refractivity contribution is -0.159. The average molecular weight is 488 g/mol. The Morgan fingerprint density at radius 3 is 1.91 bits per heavy atom. The number of sulfonamides is 1. The first-order chi connectivity index (χ1) is 15.3. The van der Waals surface area contributed by atoms with Crippen LogP contribution in [0.15, 0.2) is 53.4 Å². The van der Waals surface area contributed by atoms with Gasteiger partial charge in [-0.25, -0.2) is 18.0 Å². The lowest BCUT2D eigenvalue weighted by Gasteiger charge is -2.34. The number of halogens is 3. The quantitative estimate of drug-likeness (QED) is 0.636. The molecule has 0 radical (unpaired) electrons. The second kappa shape index (κ2) is 10.8. The molecule has 1 aliphatic rings. The molecule has 2 aromatic carbocycles. The summed E-state index contributed by atoms with van der Waals surface area (Å²) in [6, 6.07) is 12.2. The molecule has 1 fully saturated rings. The topological polar surface area (TPSA) is 115 Å². The minimum atomic E-state index is -4.40. The maximum Gasteiger partial charge on any atom is 0.416 e. The molecule has 2 aromatic rings. The van der Waals surface area contributed by atoms with Crippen LogP contribution in [-0.2, 0) is 32.3 Å². The number of rotatable bonds is 4. The molecule has 0 amide bonds. The van der Waals surface area contributed by atoms with E-state index < -0.39 is 33.7 Å². The van der Waals surface area contributed by atoms with Gasteiger partial charge in [0.25, 0.3) is 0 Å². The van der Waals surface area contributed by atoms with Gasteiger partial charge in [0, 0.05) is 32.7 Å². The number of carboxylic acid groups (broad SMARTS) is 2. The zero-order valence-corrected chi connectivity index (χ0v) is 18.4. The van der Waals surface area contributed by atoms with Gasteiger partial charge < -0.3 is 10.2 Å². The number of carboxylic acids is 2. The normalized spacial score (nSPS) is 15.4. The van der Waals surface area contributed by atoms with E-state index in [4.69, 9.17) is 19.8 Å². The zero-order valence-electron chi connectivity index (χ0n) is 17.6. The van der Waals surface area contributed by atoms with E-state index in [9.17, 15) is 21.6 Å². The molecule has 0 saturated carbocycles. The second-order valence-corrected chi connectivity index (χ2v) is 9.20. The highest BCUT2D eigenvalue weighted by atomic mass is 32.2. The van der Waals surface area contributed by atoms with Crippen LogP contribution < -0.4 is 0 Å². The third kappa shape index (κ3) is 7.27. The fraction of sp³-hybridized carbons (Fsp3) is 0.333. The van der Waals surface area contributed by atoms with Crippen molar-refractivity contribution in [1.29, 1.82) is 0 Å². The Hall–Kier alpha value is -2.96. The van der Waals surface area contributed by atoms with Gasteiger partial charge in [-0.3, -0.25) is 4.90 Å². The third-order valence-electron chi connectivity index (χ3n) is 4.89. The van der Waals surface area contributed by atoms with Crippen molar-refractivity contribution in [3.63, 3.8) is 0 Å². The van der Waals surface area contributed by atoms with Gasteiger partial charge in [0.1, 0.15) is 0 Å². The molecule has 8 nitrogen and oxygen atoms in total. The van der Waals surface area contributed by atoms with Gasteiger partial charge >= 0.3 is 18.1 Å². The number of benzene rings is 2. The van der Waals surface area contributed by atoms with E-state index in [1.807, 2.05) is 11.8 Å². The Balaban J connectivity index is 0.000000569. The molecule has 0 aromatic heterocycles. The number of piperazine rings is 1. The van der Waals surface area contributed by atoms with Crippen molar-refractivity contribution in [3.8, 4) is 0 Å². The molecule has 1 heterocycles. The van der Waals surface area contributed by atoms with Crippen LogP contribution in [0.5, 0.6) is 0 Å². The molecular weight excluding hydrogens is 465 g/mol. The van der Waals surface area contributed by atoms with Crippen molar-refractivity contribution in [2.45, 2.75) is 24.5 Å². The minimum Gasteiger partial charge on any atom is -0.473 e. The van der Waals surface area contributed by atoms with Gasteiger partial charge in [-0.15, -0.1) is 0 Å². The first kappa shape index (κ1) is 26.3. The van der Waals surface area contributed by atoms with E-state index in [1.165, 1.54) is 16.4 Å². The maximum atomic E-state index is 13.1. The van der Waals surface area contributed by atoms with Gasteiger partial charge in [-0.05, 0) is 30.7 Å². The summed E-state index contributed by atoms with van der Waals surface area (Å²) in [5, 5.41) is 14.8. The SMILES string of the molecule is Cc1ccc(S(=O)(=O)N2CCN(Cc3ccccc3C(F)(F)F)CC2)cc1.O=C(O)C(=O)O. The highest BCUT2D eigenvalue weighted by Crippen LogP contribution is 2.32. The van der Waals surface area contributed by atoms with E-state index in [-0.39, 0.29) is 30.1 Å². The molecule has 1 saturated heterocycles. The maximum absolute atomic E-state index is 13.1. The second-order valence-electron chi connectivity index (χ2n) is 7.26. The van der Waals surface area contributed by atoms with Crippen molar-refractivity contribution >= 4 is 22.0 Å². The molecule has 0 unspecified atom stereocenters. The predicted molar refractivity (Wildman–Crippen MR) is 112 cm³/mol. The fourth-order valence-electron chi connectivity index (χ4n) is 3.16. The Kier molecular flexibility index (Phi) is 8.58. The highest BCUT2D eigenvalue weighted by molar-refractivity contribution is 7.89. The highest BCUT2D eigenvalue weighted by Gasteiger charge is 2.34. The van der Waals surface area contributed by atoms with Crippen molar-refractivity contribution in [3.05, 3.63) is 65.2 Å². The number of hydrogen-bond acceptors (Lipinski definition) is 5. The number of alkyl halides is 3. The summed E-state index contributed by atoms with van der Waals surface area (Å²) in [5.41, 5.74) is 0.543. The Bertz CT molecular complexity index is 1070. The van der Waals surface area contributed by atoms with Crippen LogP contribution in [0, 0.1) is 6.92 Å². The summed E-state index contributed by atoms with van der Waals surface area (Å²) in [6.07, 6.45) is -4.40. The van der Waals surface area contributed by atoms with Gasteiger partial charge in [0.2, 0.25) is 10.0 Å². The Morgan fingerprint density at radius 1 is 0.909 bits per heavy atom. The van der Waals surface area contributed by atoms with Gasteiger partial charge in [-0.1, -0.05) is 35.9 Å². The molecule has 33 heavy (non-hydrogen) atoms. The molecule has 0 atom stereocenters. The number of aryl methyl sites for hydroxylation is 1. The van der Waals surface area contributed by atoms with Crippen molar-refractivity contribution in [1.82, 2.24) is 9.21 Å². The lowest BCUT2D eigenvalue weighted by atomic mass is 10.1. The summed E-state index contributed by atoms with van der Waals surface area (Å²) in [4.78, 5) is 20.3. The molecule has 0 aliphatic carbocycles. The fourth-order valence-corrected chi connectivity index (χ4v) is 4.59. The van der Waals surface area contributed by atoms with Crippen LogP contribution in [-0.4, -0.2) is 66.0 Å². The molecule has 2 N–H and O–H groups in total. The molecular formula is C21H23F3N2O6S. The van der Waals surface area contributed by atoms with Crippen LogP contribution in [0.25, 0.3) is 0 Å². The van der Waals surface area contributed by atoms with Gasteiger partial charge in [-0.2, -0.15) is 17.5 Å². The van der Waals surface area contributed by atoms with Crippen LogP contribution in [0.2, 0.25) is 0 Å². The monoisotopic (exact) mass is 488 g/mol. The number of nitrogens with zero attached hydrogens (tertiary/aromatic N) is 2. The summed E-state index contributed by atoms with van der Waals surface area (Å²) in [7, 11) is -3.58.